The Hall–Kier alpha value is -3.36. The molecular weight excluding hydrogens is 464 g/mol. The van der Waals surface area contributed by atoms with E-state index in [0.29, 0.717) is 11.4 Å². The summed E-state index contributed by atoms with van der Waals surface area (Å²) in [5.41, 5.74) is 3.62. The van der Waals surface area contributed by atoms with Gasteiger partial charge in [-0.3, -0.25) is 9.52 Å². The zero-order chi connectivity index (χ0) is 24.3. The molecule has 7 nitrogen and oxygen atoms in total. The van der Waals surface area contributed by atoms with Crippen molar-refractivity contribution in [3.8, 4) is 0 Å². The van der Waals surface area contributed by atoms with Gasteiger partial charge in [-0.2, -0.15) is 0 Å². The van der Waals surface area contributed by atoms with E-state index >= 15 is 0 Å². The van der Waals surface area contributed by atoms with Crippen molar-refractivity contribution in [3.63, 3.8) is 0 Å². The van der Waals surface area contributed by atoms with E-state index in [9.17, 15) is 18.0 Å². The molecule has 1 amide bonds. The minimum Gasteiger partial charge on any atom is -0.465 e. The molecule has 0 radical (unpaired) electrons. The molecule has 172 valence electrons. The van der Waals surface area contributed by atoms with Gasteiger partial charge in [0.05, 0.1) is 23.4 Å². The predicted molar refractivity (Wildman–Crippen MR) is 129 cm³/mol. The molecular formula is C24H23ClN2O5S. The van der Waals surface area contributed by atoms with Crippen LogP contribution >= 0.6 is 11.6 Å². The van der Waals surface area contributed by atoms with Gasteiger partial charge in [0, 0.05) is 11.3 Å². The van der Waals surface area contributed by atoms with Crippen molar-refractivity contribution >= 4 is 44.9 Å². The molecule has 0 saturated heterocycles. The molecule has 0 aliphatic heterocycles. The van der Waals surface area contributed by atoms with Crippen LogP contribution in [0, 0.1) is 20.8 Å². The number of nitrogens with one attached hydrogen (secondary N) is 2. The largest absolute Gasteiger partial charge is 0.465 e. The lowest BCUT2D eigenvalue weighted by Crippen LogP contribution is -2.17. The number of hydrogen-bond donors (Lipinski definition) is 2. The Bertz CT molecular complexity index is 1350. The number of esters is 1. The Morgan fingerprint density at radius 1 is 0.879 bits per heavy atom. The topological polar surface area (TPSA) is 102 Å². The Kier molecular flexibility index (Phi) is 7.09. The first-order valence-corrected chi connectivity index (χ1v) is 11.8. The molecule has 0 fully saturated rings. The Morgan fingerprint density at radius 2 is 1.58 bits per heavy atom. The standard InChI is InChI=1S/C24H23ClN2O5S/c1-14-6-5-7-20(16(14)3)27-33(30,31)22-13-17(10-11-19(22)25)23(28)26-21-12-18(24(29)32-4)9-8-15(21)2/h5-13,27H,1-4H3,(H,26,28). The number of anilines is 2. The molecule has 0 aromatic heterocycles. The fourth-order valence-corrected chi connectivity index (χ4v) is 4.76. The molecule has 0 aliphatic carbocycles. The number of methoxy groups -OCH3 is 1. The minimum absolute atomic E-state index is 0.0202. The summed E-state index contributed by atoms with van der Waals surface area (Å²) in [5.74, 6) is -1.09. The van der Waals surface area contributed by atoms with E-state index in [1.807, 2.05) is 19.9 Å². The van der Waals surface area contributed by atoms with Crippen molar-refractivity contribution in [1.82, 2.24) is 0 Å². The number of carbonyl (C=O) groups excluding carboxylic acids is 2. The van der Waals surface area contributed by atoms with Gasteiger partial charge in [0.15, 0.2) is 0 Å². The number of sulfonamides is 1. The lowest BCUT2D eigenvalue weighted by Gasteiger charge is -2.14. The normalized spacial score (nSPS) is 11.1. The number of rotatable bonds is 6. The van der Waals surface area contributed by atoms with Gasteiger partial charge >= 0.3 is 5.97 Å². The molecule has 2 N–H and O–H groups in total. The Balaban J connectivity index is 1.92. The molecule has 9 heteroatoms. The van der Waals surface area contributed by atoms with E-state index in [1.54, 1.807) is 31.2 Å². The highest BCUT2D eigenvalue weighted by atomic mass is 35.5. The van der Waals surface area contributed by atoms with Crippen LogP contribution in [0.2, 0.25) is 5.02 Å². The molecule has 0 saturated carbocycles. The van der Waals surface area contributed by atoms with E-state index in [0.717, 1.165) is 16.7 Å². The third kappa shape index (κ3) is 5.35. The van der Waals surface area contributed by atoms with E-state index in [1.165, 1.54) is 31.4 Å². The monoisotopic (exact) mass is 486 g/mol. The number of carbonyl (C=O) groups is 2. The molecule has 33 heavy (non-hydrogen) atoms. The summed E-state index contributed by atoms with van der Waals surface area (Å²) in [7, 11) is -2.80. The van der Waals surface area contributed by atoms with Crippen molar-refractivity contribution in [2.45, 2.75) is 25.7 Å². The maximum absolute atomic E-state index is 13.0. The van der Waals surface area contributed by atoms with Crippen molar-refractivity contribution in [3.05, 3.63) is 87.4 Å². The van der Waals surface area contributed by atoms with Crippen LogP contribution in [0.5, 0.6) is 0 Å². The number of benzene rings is 3. The van der Waals surface area contributed by atoms with Crippen LogP contribution in [-0.2, 0) is 14.8 Å². The zero-order valence-corrected chi connectivity index (χ0v) is 20.1. The van der Waals surface area contributed by atoms with Crippen LogP contribution in [0.4, 0.5) is 11.4 Å². The maximum atomic E-state index is 13.0. The van der Waals surface area contributed by atoms with Crippen molar-refractivity contribution < 1.29 is 22.7 Å². The molecule has 0 aliphatic rings. The number of hydrogen-bond acceptors (Lipinski definition) is 5. The highest BCUT2D eigenvalue weighted by molar-refractivity contribution is 7.92. The van der Waals surface area contributed by atoms with Crippen LogP contribution in [0.1, 0.15) is 37.4 Å². The summed E-state index contributed by atoms with van der Waals surface area (Å²) in [5, 5.41) is 2.69. The molecule has 0 spiro atoms. The second-order valence-electron chi connectivity index (χ2n) is 7.47. The van der Waals surface area contributed by atoms with E-state index < -0.39 is 21.9 Å². The van der Waals surface area contributed by atoms with E-state index in [2.05, 4.69) is 10.0 Å². The first kappa shape index (κ1) is 24.3. The van der Waals surface area contributed by atoms with Crippen molar-refractivity contribution in [2.75, 3.05) is 17.1 Å². The van der Waals surface area contributed by atoms with Crippen LogP contribution in [0.3, 0.4) is 0 Å². The third-order valence-corrected chi connectivity index (χ3v) is 7.09. The van der Waals surface area contributed by atoms with Gasteiger partial charge in [0.2, 0.25) is 0 Å². The molecule has 0 unspecified atom stereocenters. The second kappa shape index (κ2) is 9.64. The lowest BCUT2D eigenvalue weighted by molar-refractivity contribution is 0.0600. The lowest BCUT2D eigenvalue weighted by atomic mass is 10.1. The number of ether oxygens (including phenoxy) is 1. The van der Waals surface area contributed by atoms with Crippen LogP contribution in [0.15, 0.2) is 59.5 Å². The molecule has 0 atom stereocenters. The van der Waals surface area contributed by atoms with Gasteiger partial charge in [-0.25, -0.2) is 13.2 Å². The van der Waals surface area contributed by atoms with Gasteiger partial charge in [0.1, 0.15) is 4.90 Å². The summed E-state index contributed by atoms with van der Waals surface area (Å²) >= 11 is 6.18. The van der Waals surface area contributed by atoms with Crippen LogP contribution < -0.4 is 10.0 Å². The van der Waals surface area contributed by atoms with Crippen molar-refractivity contribution in [1.29, 1.82) is 0 Å². The van der Waals surface area contributed by atoms with Gasteiger partial charge in [-0.15, -0.1) is 0 Å². The molecule has 0 heterocycles. The summed E-state index contributed by atoms with van der Waals surface area (Å²) < 4.78 is 33.3. The molecule has 3 aromatic carbocycles. The average molecular weight is 487 g/mol. The second-order valence-corrected chi connectivity index (χ2v) is 9.53. The van der Waals surface area contributed by atoms with Gasteiger partial charge < -0.3 is 10.1 Å². The summed E-state index contributed by atoms with van der Waals surface area (Å²) in [6.45, 7) is 5.45. The van der Waals surface area contributed by atoms with Gasteiger partial charge in [-0.05, 0) is 73.9 Å². The van der Waals surface area contributed by atoms with Crippen molar-refractivity contribution in [2.24, 2.45) is 0 Å². The smallest absolute Gasteiger partial charge is 0.337 e. The third-order valence-electron chi connectivity index (χ3n) is 5.24. The van der Waals surface area contributed by atoms with Crippen LogP contribution in [0.25, 0.3) is 0 Å². The maximum Gasteiger partial charge on any atom is 0.337 e. The van der Waals surface area contributed by atoms with E-state index in [4.69, 9.17) is 16.3 Å². The van der Waals surface area contributed by atoms with E-state index in [-0.39, 0.29) is 21.0 Å². The van der Waals surface area contributed by atoms with Crippen LogP contribution in [-0.4, -0.2) is 27.4 Å². The molecule has 0 bridgehead atoms. The summed E-state index contributed by atoms with van der Waals surface area (Å²) in [6.07, 6.45) is 0. The quantitative estimate of drug-likeness (QED) is 0.472. The Labute approximate surface area is 197 Å². The average Bonchev–Trinajstić information content (AvgIpc) is 2.77. The van der Waals surface area contributed by atoms with Gasteiger partial charge in [0.25, 0.3) is 15.9 Å². The highest BCUT2D eigenvalue weighted by Gasteiger charge is 2.22. The Morgan fingerprint density at radius 3 is 2.27 bits per heavy atom. The fraction of sp³-hybridized carbons (Fsp3) is 0.167. The first-order valence-electron chi connectivity index (χ1n) is 9.92. The highest BCUT2D eigenvalue weighted by Crippen LogP contribution is 2.28. The molecule has 3 aromatic rings. The SMILES string of the molecule is COC(=O)c1ccc(C)c(NC(=O)c2ccc(Cl)c(S(=O)(=O)Nc3cccc(C)c3C)c2)c1. The minimum atomic E-state index is -4.06. The first-order chi connectivity index (χ1) is 15.5. The van der Waals surface area contributed by atoms with Gasteiger partial charge in [-0.1, -0.05) is 29.8 Å². The predicted octanol–water partition coefficient (Wildman–Crippen LogP) is 5.10. The molecule has 3 rings (SSSR count). The number of halogens is 1. The summed E-state index contributed by atoms with van der Waals surface area (Å²) in [6, 6.07) is 14.0. The number of aryl methyl sites for hydroxylation is 2. The fourth-order valence-electron chi connectivity index (χ4n) is 3.11. The zero-order valence-electron chi connectivity index (χ0n) is 18.5. The summed E-state index contributed by atoms with van der Waals surface area (Å²) in [4.78, 5) is 24.5. The number of amides is 1.